The molecule has 0 aromatic rings. The Labute approximate surface area is 130 Å². The molecule has 0 radical (unpaired) electrons. The summed E-state index contributed by atoms with van der Waals surface area (Å²) in [6.07, 6.45) is 11.8. The minimum atomic E-state index is 0.236. The van der Waals surface area contributed by atoms with Crippen LogP contribution >= 0.6 is 0 Å². The van der Waals surface area contributed by atoms with Crippen molar-refractivity contribution < 1.29 is 9.47 Å². The lowest BCUT2D eigenvalue weighted by molar-refractivity contribution is -0.126. The normalized spacial score (nSPS) is 32.1. The van der Waals surface area contributed by atoms with Crippen LogP contribution in [0.5, 0.6) is 0 Å². The summed E-state index contributed by atoms with van der Waals surface area (Å²) in [6.45, 7) is 6.24. The number of hydrogen-bond donors (Lipinski definition) is 1. The van der Waals surface area contributed by atoms with Gasteiger partial charge in [-0.1, -0.05) is 26.2 Å². The molecule has 122 valence electrons. The van der Waals surface area contributed by atoms with Gasteiger partial charge in [0.15, 0.2) is 0 Å². The van der Waals surface area contributed by atoms with Gasteiger partial charge in [0, 0.05) is 25.9 Å². The fraction of sp³-hybridized carbons (Fsp3) is 1.00. The van der Waals surface area contributed by atoms with Crippen molar-refractivity contribution in [2.75, 3.05) is 26.4 Å². The molecule has 0 bridgehead atoms. The van der Waals surface area contributed by atoms with Crippen molar-refractivity contribution in [3.05, 3.63) is 0 Å². The summed E-state index contributed by atoms with van der Waals surface area (Å²) in [7, 11) is 0. The summed E-state index contributed by atoms with van der Waals surface area (Å²) >= 11 is 0. The average Bonchev–Trinajstić information content (AvgIpc) is 2.54. The van der Waals surface area contributed by atoms with Gasteiger partial charge in [0.05, 0.1) is 5.60 Å². The van der Waals surface area contributed by atoms with E-state index in [0.717, 1.165) is 38.2 Å². The molecule has 3 rings (SSSR count). The third-order valence-corrected chi connectivity index (χ3v) is 6.02. The Balaban J connectivity index is 1.66. The molecule has 0 amide bonds. The van der Waals surface area contributed by atoms with Gasteiger partial charge in [-0.05, 0) is 56.9 Å². The van der Waals surface area contributed by atoms with Gasteiger partial charge in [0.25, 0.3) is 0 Å². The fourth-order valence-corrected chi connectivity index (χ4v) is 4.95. The zero-order valence-electron chi connectivity index (χ0n) is 13.7. The van der Waals surface area contributed by atoms with Crippen molar-refractivity contribution in [3.8, 4) is 0 Å². The summed E-state index contributed by atoms with van der Waals surface area (Å²) < 4.78 is 11.9. The molecule has 1 N–H and O–H groups in total. The molecule has 2 saturated heterocycles. The Hall–Kier alpha value is -0.120. The van der Waals surface area contributed by atoms with E-state index >= 15 is 0 Å². The summed E-state index contributed by atoms with van der Waals surface area (Å²) in [4.78, 5) is 0. The molecule has 3 nitrogen and oxygen atoms in total. The van der Waals surface area contributed by atoms with E-state index in [2.05, 4.69) is 12.2 Å². The zero-order valence-corrected chi connectivity index (χ0v) is 13.7. The highest BCUT2D eigenvalue weighted by Crippen LogP contribution is 2.43. The van der Waals surface area contributed by atoms with Gasteiger partial charge in [0.1, 0.15) is 0 Å². The molecule has 2 aliphatic heterocycles. The number of hydrogen-bond acceptors (Lipinski definition) is 3. The van der Waals surface area contributed by atoms with Gasteiger partial charge in [-0.3, -0.25) is 0 Å². The van der Waals surface area contributed by atoms with Gasteiger partial charge >= 0.3 is 0 Å². The van der Waals surface area contributed by atoms with E-state index in [-0.39, 0.29) is 5.60 Å². The first-order valence-corrected chi connectivity index (χ1v) is 9.28. The maximum absolute atomic E-state index is 6.30. The minimum Gasteiger partial charge on any atom is -0.381 e. The van der Waals surface area contributed by atoms with Gasteiger partial charge in [-0.2, -0.15) is 0 Å². The van der Waals surface area contributed by atoms with Crippen LogP contribution in [0.25, 0.3) is 0 Å². The van der Waals surface area contributed by atoms with Crippen LogP contribution in [0.2, 0.25) is 0 Å². The van der Waals surface area contributed by atoms with Crippen molar-refractivity contribution in [2.45, 2.75) is 76.4 Å². The maximum Gasteiger partial charge on any atom is 0.0685 e. The Bertz CT molecular complexity index is 303. The standard InChI is InChI=1S/C18H33NO2/c1-2-19-17(15-6-11-20-12-7-15)16-8-13-21-18(14-16)9-4-3-5-10-18/h15-17,19H,2-14H2,1H3. The van der Waals surface area contributed by atoms with Crippen LogP contribution in [-0.4, -0.2) is 38.0 Å². The van der Waals surface area contributed by atoms with Crippen molar-refractivity contribution in [1.29, 1.82) is 0 Å². The predicted molar refractivity (Wildman–Crippen MR) is 85.5 cm³/mol. The first-order chi connectivity index (χ1) is 10.3. The smallest absolute Gasteiger partial charge is 0.0685 e. The molecular formula is C18H33NO2. The average molecular weight is 295 g/mol. The largest absolute Gasteiger partial charge is 0.381 e. The van der Waals surface area contributed by atoms with E-state index in [1.165, 1.54) is 57.8 Å². The summed E-state index contributed by atoms with van der Waals surface area (Å²) in [5, 5.41) is 3.83. The molecule has 2 atom stereocenters. The summed E-state index contributed by atoms with van der Waals surface area (Å²) in [6, 6.07) is 0.682. The SMILES string of the molecule is CCNC(C1CCOCC1)C1CCOC2(CCCCC2)C1. The number of rotatable bonds is 4. The van der Waals surface area contributed by atoms with Gasteiger partial charge in [-0.25, -0.2) is 0 Å². The quantitative estimate of drug-likeness (QED) is 0.861. The summed E-state index contributed by atoms with van der Waals surface area (Å²) in [5.41, 5.74) is 0.236. The molecule has 0 aromatic carbocycles. The van der Waals surface area contributed by atoms with E-state index in [0.29, 0.717) is 6.04 Å². The zero-order chi connectivity index (χ0) is 14.5. The predicted octanol–water partition coefficient (Wildman–Crippen LogP) is 3.52. The first-order valence-electron chi connectivity index (χ1n) is 9.28. The second-order valence-corrected chi connectivity index (χ2v) is 7.38. The van der Waals surface area contributed by atoms with E-state index < -0.39 is 0 Å². The number of nitrogens with one attached hydrogen (secondary N) is 1. The Morgan fingerprint density at radius 2 is 1.71 bits per heavy atom. The second kappa shape index (κ2) is 7.43. The Morgan fingerprint density at radius 3 is 2.43 bits per heavy atom. The third-order valence-electron chi connectivity index (χ3n) is 6.02. The van der Waals surface area contributed by atoms with E-state index in [1.54, 1.807) is 0 Å². The molecule has 0 aromatic heterocycles. The monoisotopic (exact) mass is 295 g/mol. The van der Waals surface area contributed by atoms with Crippen LogP contribution in [0.3, 0.4) is 0 Å². The first kappa shape index (κ1) is 15.8. The van der Waals surface area contributed by atoms with Gasteiger partial charge in [0.2, 0.25) is 0 Å². The van der Waals surface area contributed by atoms with Crippen molar-refractivity contribution in [3.63, 3.8) is 0 Å². The molecule has 3 fully saturated rings. The van der Waals surface area contributed by atoms with Gasteiger partial charge < -0.3 is 14.8 Å². The van der Waals surface area contributed by atoms with E-state index in [9.17, 15) is 0 Å². The van der Waals surface area contributed by atoms with Crippen LogP contribution in [0, 0.1) is 11.8 Å². The highest BCUT2D eigenvalue weighted by atomic mass is 16.5. The molecule has 3 heteroatoms. The molecule has 1 spiro atoms. The number of ether oxygens (including phenoxy) is 2. The molecule has 2 heterocycles. The Kier molecular flexibility index (Phi) is 5.58. The Morgan fingerprint density at radius 1 is 1.00 bits per heavy atom. The molecular weight excluding hydrogens is 262 g/mol. The van der Waals surface area contributed by atoms with Crippen molar-refractivity contribution >= 4 is 0 Å². The molecule has 2 unspecified atom stereocenters. The van der Waals surface area contributed by atoms with Crippen LogP contribution < -0.4 is 5.32 Å². The maximum atomic E-state index is 6.30. The highest BCUT2D eigenvalue weighted by molar-refractivity contribution is 4.95. The lowest BCUT2D eigenvalue weighted by atomic mass is 9.71. The minimum absolute atomic E-state index is 0.236. The fourth-order valence-electron chi connectivity index (χ4n) is 4.95. The molecule has 21 heavy (non-hydrogen) atoms. The molecule has 3 aliphatic rings. The van der Waals surface area contributed by atoms with Crippen LogP contribution in [0.1, 0.15) is 64.7 Å². The highest BCUT2D eigenvalue weighted by Gasteiger charge is 2.42. The van der Waals surface area contributed by atoms with Crippen LogP contribution in [-0.2, 0) is 9.47 Å². The topological polar surface area (TPSA) is 30.5 Å². The van der Waals surface area contributed by atoms with Crippen LogP contribution in [0.15, 0.2) is 0 Å². The third kappa shape index (κ3) is 3.80. The van der Waals surface area contributed by atoms with E-state index in [1.807, 2.05) is 0 Å². The second-order valence-electron chi connectivity index (χ2n) is 7.38. The summed E-state index contributed by atoms with van der Waals surface area (Å²) in [5.74, 6) is 1.61. The van der Waals surface area contributed by atoms with E-state index in [4.69, 9.17) is 9.47 Å². The molecule has 1 saturated carbocycles. The lowest BCUT2D eigenvalue weighted by Gasteiger charge is -2.47. The van der Waals surface area contributed by atoms with Crippen molar-refractivity contribution in [1.82, 2.24) is 5.32 Å². The molecule has 1 aliphatic carbocycles. The van der Waals surface area contributed by atoms with Gasteiger partial charge in [-0.15, -0.1) is 0 Å². The van der Waals surface area contributed by atoms with Crippen molar-refractivity contribution in [2.24, 2.45) is 11.8 Å². The van der Waals surface area contributed by atoms with Crippen LogP contribution in [0.4, 0.5) is 0 Å². The lowest BCUT2D eigenvalue weighted by Crippen LogP contribution is -2.51.